The number of hydrogen-bond acceptors (Lipinski definition) is 4. The summed E-state index contributed by atoms with van der Waals surface area (Å²) >= 11 is 0. The highest BCUT2D eigenvalue weighted by molar-refractivity contribution is 5.72. The summed E-state index contributed by atoms with van der Waals surface area (Å²) in [5.74, 6) is -0.847. The first kappa shape index (κ1) is 13.4. The summed E-state index contributed by atoms with van der Waals surface area (Å²) in [6, 6.07) is 0.174. The van der Waals surface area contributed by atoms with Crippen LogP contribution in [0, 0.1) is 5.92 Å². The molecule has 0 amide bonds. The van der Waals surface area contributed by atoms with Crippen LogP contribution in [-0.4, -0.2) is 62.4 Å². The predicted molar refractivity (Wildman–Crippen MR) is 61.5 cm³/mol. The van der Waals surface area contributed by atoms with Crippen molar-refractivity contribution in [2.24, 2.45) is 5.92 Å². The fraction of sp³-hybridized carbons (Fsp3) is 0.909. The van der Waals surface area contributed by atoms with E-state index in [2.05, 4.69) is 10.2 Å². The van der Waals surface area contributed by atoms with Crippen LogP contribution in [0.1, 0.15) is 12.8 Å². The van der Waals surface area contributed by atoms with Gasteiger partial charge in [0.05, 0.1) is 12.5 Å². The topological polar surface area (TPSA) is 61.8 Å². The van der Waals surface area contributed by atoms with E-state index in [4.69, 9.17) is 9.84 Å². The first-order chi connectivity index (χ1) is 7.65. The number of carboxylic acid groups (broad SMARTS) is 1. The van der Waals surface area contributed by atoms with Crippen LogP contribution in [-0.2, 0) is 9.53 Å². The fourth-order valence-corrected chi connectivity index (χ4v) is 1.84. The molecule has 1 aliphatic carbocycles. The largest absolute Gasteiger partial charge is 0.481 e. The van der Waals surface area contributed by atoms with Gasteiger partial charge in [-0.2, -0.15) is 0 Å². The minimum absolute atomic E-state index is 0.174. The standard InChI is InChI=1S/C11H22N2O3/c1-13(7-8-16-2)6-5-12-10-4-3-9(10)11(14)15/h9-10,12H,3-8H2,1-2H3,(H,14,15). The maximum absolute atomic E-state index is 10.8. The lowest BCUT2D eigenvalue weighted by Gasteiger charge is -2.34. The molecule has 0 aromatic carbocycles. The van der Waals surface area contributed by atoms with Gasteiger partial charge in [0.1, 0.15) is 0 Å². The summed E-state index contributed by atoms with van der Waals surface area (Å²) in [5.41, 5.74) is 0. The van der Waals surface area contributed by atoms with Crippen molar-refractivity contribution in [3.05, 3.63) is 0 Å². The quantitative estimate of drug-likeness (QED) is 0.615. The van der Waals surface area contributed by atoms with Crippen molar-refractivity contribution < 1.29 is 14.6 Å². The average molecular weight is 230 g/mol. The van der Waals surface area contributed by atoms with Crippen LogP contribution in [0.25, 0.3) is 0 Å². The van der Waals surface area contributed by atoms with Gasteiger partial charge in [0.15, 0.2) is 0 Å². The lowest BCUT2D eigenvalue weighted by Crippen LogP contribution is -2.49. The maximum Gasteiger partial charge on any atom is 0.308 e. The molecule has 1 aliphatic rings. The van der Waals surface area contributed by atoms with Crippen molar-refractivity contribution in [1.82, 2.24) is 10.2 Å². The zero-order valence-corrected chi connectivity index (χ0v) is 10.1. The Kier molecular flexibility index (Phi) is 5.73. The van der Waals surface area contributed by atoms with E-state index < -0.39 is 5.97 Å². The minimum Gasteiger partial charge on any atom is -0.481 e. The lowest BCUT2D eigenvalue weighted by molar-refractivity contribution is -0.146. The van der Waals surface area contributed by atoms with Crippen LogP contribution >= 0.6 is 0 Å². The Labute approximate surface area is 96.8 Å². The zero-order valence-electron chi connectivity index (χ0n) is 10.1. The van der Waals surface area contributed by atoms with Crippen LogP contribution in [0.4, 0.5) is 0 Å². The monoisotopic (exact) mass is 230 g/mol. The molecule has 1 saturated carbocycles. The third-order valence-electron chi connectivity index (χ3n) is 3.17. The number of nitrogens with zero attached hydrogens (tertiary/aromatic N) is 1. The molecule has 5 heteroatoms. The highest BCUT2D eigenvalue weighted by Gasteiger charge is 2.35. The van der Waals surface area contributed by atoms with Crippen molar-refractivity contribution in [2.45, 2.75) is 18.9 Å². The molecule has 2 unspecified atom stereocenters. The average Bonchev–Trinajstić information content (AvgIpc) is 2.18. The number of rotatable bonds is 8. The van der Waals surface area contributed by atoms with E-state index in [0.29, 0.717) is 0 Å². The van der Waals surface area contributed by atoms with E-state index >= 15 is 0 Å². The molecular formula is C11H22N2O3. The molecule has 0 aromatic rings. The van der Waals surface area contributed by atoms with Crippen LogP contribution in [0.2, 0.25) is 0 Å². The van der Waals surface area contributed by atoms with Crippen molar-refractivity contribution in [3.8, 4) is 0 Å². The van der Waals surface area contributed by atoms with Gasteiger partial charge in [-0.25, -0.2) is 0 Å². The Bertz CT molecular complexity index is 223. The van der Waals surface area contributed by atoms with Gasteiger partial charge in [0, 0.05) is 32.8 Å². The molecule has 0 heterocycles. The second kappa shape index (κ2) is 6.83. The molecule has 0 aromatic heterocycles. The molecule has 94 valence electrons. The van der Waals surface area contributed by atoms with Gasteiger partial charge in [-0.15, -0.1) is 0 Å². The number of likely N-dealkylation sites (N-methyl/N-ethyl adjacent to an activating group) is 1. The Balaban J connectivity index is 2.05. The van der Waals surface area contributed by atoms with E-state index in [9.17, 15) is 4.79 Å². The van der Waals surface area contributed by atoms with E-state index in [1.54, 1.807) is 7.11 Å². The van der Waals surface area contributed by atoms with Gasteiger partial charge in [-0.05, 0) is 19.9 Å². The second-order valence-electron chi connectivity index (χ2n) is 4.38. The normalized spacial score (nSPS) is 24.4. The summed E-state index contributed by atoms with van der Waals surface area (Å²) in [6.45, 7) is 3.41. The van der Waals surface area contributed by atoms with E-state index in [0.717, 1.165) is 39.1 Å². The maximum atomic E-state index is 10.8. The fourth-order valence-electron chi connectivity index (χ4n) is 1.84. The number of aliphatic carboxylic acids is 1. The first-order valence-electron chi connectivity index (χ1n) is 5.79. The lowest BCUT2D eigenvalue weighted by atomic mass is 9.79. The smallest absolute Gasteiger partial charge is 0.308 e. The Morgan fingerprint density at radius 2 is 2.25 bits per heavy atom. The summed E-state index contributed by atoms with van der Waals surface area (Å²) in [6.07, 6.45) is 1.80. The van der Waals surface area contributed by atoms with Gasteiger partial charge in [-0.1, -0.05) is 0 Å². The number of methoxy groups -OCH3 is 1. The van der Waals surface area contributed by atoms with Crippen molar-refractivity contribution in [3.63, 3.8) is 0 Å². The summed E-state index contributed by atoms with van der Waals surface area (Å²) in [7, 11) is 3.73. The molecule has 16 heavy (non-hydrogen) atoms. The second-order valence-corrected chi connectivity index (χ2v) is 4.38. The first-order valence-corrected chi connectivity index (χ1v) is 5.79. The number of carboxylic acids is 1. The third kappa shape index (κ3) is 4.08. The van der Waals surface area contributed by atoms with Crippen molar-refractivity contribution in [2.75, 3.05) is 40.4 Å². The van der Waals surface area contributed by atoms with Crippen LogP contribution in [0.3, 0.4) is 0 Å². The molecular weight excluding hydrogens is 208 g/mol. The minimum atomic E-state index is -0.670. The Morgan fingerprint density at radius 3 is 2.75 bits per heavy atom. The number of carbonyl (C=O) groups is 1. The SMILES string of the molecule is COCCN(C)CCNC1CCC1C(=O)O. The molecule has 2 atom stereocenters. The Morgan fingerprint density at radius 1 is 1.50 bits per heavy atom. The summed E-state index contributed by atoms with van der Waals surface area (Å²) < 4.78 is 4.98. The molecule has 0 spiro atoms. The van der Waals surface area contributed by atoms with Gasteiger partial charge in [0.2, 0.25) is 0 Å². The number of nitrogens with one attached hydrogen (secondary N) is 1. The zero-order chi connectivity index (χ0) is 12.0. The highest BCUT2D eigenvalue weighted by Crippen LogP contribution is 2.27. The molecule has 0 radical (unpaired) electrons. The molecule has 1 rings (SSSR count). The van der Waals surface area contributed by atoms with Gasteiger partial charge < -0.3 is 20.1 Å². The van der Waals surface area contributed by atoms with Crippen molar-refractivity contribution in [1.29, 1.82) is 0 Å². The van der Waals surface area contributed by atoms with E-state index in [1.807, 2.05) is 7.05 Å². The molecule has 1 fully saturated rings. The number of ether oxygens (including phenoxy) is 1. The van der Waals surface area contributed by atoms with Gasteiger partial charge in [0.25, 0.3) is 0 Å². The van der Waals surface area contributed by atoms with Crippen LogP contribution in [0.15, 0.2) is 0 Å². The predicted octanol–water partition coefficient (Wildman–Crippen LogP) is 0.0174. The van der Waals surface area contributed by atoms with E-state index in [-0.39, 0.29) is 12.0 Å². The molecule has 5 nitrogen and oxygen atoms in total. The molecule has 0 aliphatic heterocycles. The summed E-state index contributed by atoms with van der Waals surface area (Å²) in [5, 5.41) is 12.2. The number of hydrogen-bond donors (Lipinski definition) is 2. The van der Waals surface area contributed by atoms with Crippen LogP contribution in [0.5, 0.6) is 0 Å². The third-order valence-corrected chi connectivity index (χ3v) is 3.17. The summed E-state index contributed by atoms with van der Waals surface area (Å²) in [4.78, 5) is 12.9. The highest BCUT2D eigenvalue weighted by atomic mass is 16.5. The van der Waals surface area contributed by atoms with Crippen molar-refractivity contribution >= 4 is 5.97 Å². The Hall–Kier alpha value is -0.650. The molecule has 2 N–H and O–H groups in total. The van der Waals surface area contributed by atoms with Gasteiger partial charge in [-0.3, -0.25) is 4.79 Å². The van der Waals surface area contributed by atoms with E-state index in [1.165, 1.54) is 0 Å². The van der Waals surface area contributed by atoms with Crippen LogP contribution < -0.4 is 5.32 Å². The van der Waals surface area contributed by atoms with Gasteiger partial charge >= 0.3 is 5.97 Å². The molecule has 0 saturated heterocycles. The molecule has 0 bridgehead atoms.